The van der Waals surface area contributed by atoms with Crippen molar-refractivity contribution in [2.24, 2.45) is 11.8 Å². The number of pyridine rings is 2. The van der Waals surface area contributed by atoms with Crippen molar-refractivity contribution in [3.8, 4) is 11.3 Å². The molecule has 4 N–H and O–H groups in total. The summed E-state index contributed by atoms with van der Waals surface area (Å²) in [6, 6.07) is 25.1. The summed E-state index contributed by atoms with van der Waals surface area (Å²) in [5.74, 6) is 3.87. The van der Waals surface area contributed by atoms with Gasteiger partial charge >= 0.3 is 7.12 Å². The number of hydrogen-bond donors (Lipinski definition) is 2. The maximum atomic E-state index is 6.21. The van der Waals surface area contributed by atoms with Crippen molar-refractivity contribution in [2.45, 2.75) is 89.3 Å². The molecule has 2 aromatic carbocycles. The average Bonchev–Trinajstić information content (AvgIpc) is 4.02. The van der Waals surface area contributed by atoms with E-state index in [2.05, 4.69) is 111 Å². The predicted octanol–water partition coefficient (Wildman–Crippen LogP) is 7.92. The minimum Gasteiger partial charge on any atom is -0.399 e. The molecule has 0 radical (unpaired) electrons. The van der Waals surface area contributed by atoms with Gasteiger partial charge in [0.1, 0.15) is 28.8 Å². The largest absolute Gasteiger partial charge is 0.494 e. The summed E-state index contributed by atoms with van der Waals surface area (Å²) in [5.41, 5.74) is 19.8. The molecule has 0 bridgehead atoms. The number of aromatic nitrogens is 6. The van der Waals surface area contributed by atoms with Crippen LogP contribution in [0.15, 0.2) is 85.5 Å². The monoisotopic (exact) mass is 852 g/mol. The number of nitrogens with two attached hydrogens (primary N) is 2. The van der Waals surface area contributed by atoms with Crippen molar-refractivity contribution in [3.05, 3.63) is 102 Å². The number of nitrogen functional groups attached to an aromatic ring is 2. The molecule has 6 aromatic rings. The molecule has 322 valence electrons. The highest BCUT2D eigenvalue weighted by Gasteiger charge is 2.52. The molecule has 3 saturated heterocycles. The normalized spacial score (nSPS) is 23.8. The van der Waals surface area contributed by atoms with Crippen LogP contribution in [-0.4, -0.2) is 97.3 Å². The second kappa shape index (κ2) is 17.8. The van der Waals surface area contributed by atoms with Gasteiger partial charge in [0, 0.05) is 18.7 Å². The summed E-state index contributed by atoms with van der Waals surface area (Å²) in [6.45, 7) is 16.2. The number of likely N-dealkylation sites (tertiary alicyclic amines) is 2. The molecular formula is C48H58BClN10O2. The molecule has 2 aliphatic carbocycles. The van der Waals surface area contributed by atoms with Gasteiger partial charge in [0.15, 0.2) is 11.6 Å². The smallest absolute Gasteiger partial charge is 0.399 e. The molecule has 12 nitrogen and oxygen atoms in total. The van der Waals surface area contributed by atoms with Crippen LogP contribution in [0.5, 0.6) is 0 Å². The fourth-order valence-electron chi connectivity index (χ4n) is 9.21. The van der Waals surface area contributed by atoms with Crippen molar-refractivity contribution in [1.29, 1.82) is 0 Å². The third kappa shape index (κ3) is 9.57. The zero-order valence-electron chi connectivity index (χ0n) is 36.4. The Balaban J connectivity index is 0.000000126. The summed E-state index contributed by atoms with van der Waals surface area (Å²) in [5, 5.41) is 0.393. The molecule has 62 heavy (non-hydrogen) atoms. The van der Waals surface area contributed by atoms with Crippen LogP contribution in [0.1, 0.15) is 89.2 Å². The molecule has 4 unspecified atom stereocenters. The lowest BCUT2D eigenvalue weighted by atomic mass is 9.78. The van der Waals surface area contributed by atoms with Crippen LogP contribution in [-0.2, 0) is 9.31 Å². The number of nitrogens with zero attached hydrogens (tertiary/aromatic N) is 8. The van der Waals surface area contributed by atoms with E-state index < -0.39 is 0 Å². The van der Waals surface area contributed by atoms with Gasteiger partial charge in [-0.05, 0) is 163 Å². The van der Waals surface area contributed by atoms with Gasteiger partial charge in [0.25, 0.3) is 0 Å². The van der Waals surface area contributed by atoms with E-state index in [4.69, 9.17) is 37.4 Å². The minimum atomic E-state index is -0.272. The highest BCUT2D eigenvalue weighted by molar-refractivity contribution is 6.62. The lowest BCUT2D eigenvalue weighted by Crippen LogP contribution is -2.41. The van der Waals surface area contributed by atoms with Gasteiger partial charge in [-0.25, -0.2) is 29.9 Å². The number of rotatable bonds is 8. The van der Waals surface area contributed by atoms with E-state index in [1.54, 1.807) is 12.1 Å². The van der Waals surface area contributed by atoms with Crippen molar-refractivity contribution >= 4 is 57.9 Å². The van der Waals surface area contributed by atoms with Crippen LogP contribution in [0.2, 0.25) is 5.15 Å². The average molecular weight is 853 g/mol. The number of fused-ring (bicyclic) bond motifs is 2. The SMILES string of the molecule is CC1(C)OB(c2cccc(C3CC3CN3CCCC3)c2)OC1(C)C.Nc1ncnc2ccc(-c3cccc(C4CC4CN4CCCC4)c3)nc12.Nc1ncnc2ccc(Cl)nc12. The standard InChI is InChI=1S/C21H23N5.C20H30BNO2.C7H5ClN4/c22-21-20-19(23-13-24-21)7-6-18(25-20)15-5-3-4-14(10-15)17-11-16(17)12-26-8-1-2-9-26;1-19(2)20(3,4)24-21(23-19)17-9-7-8-15(12-17)18-13-16(18)14-22-10-5-6-11-22;8-5-2-1-4-6(12-5)7(9)11-3-10-4/h3-7,10,13,16-17H,1-2,8-9,11-12H2,(H2,22,23,24);7-9,12,16,18H,5-6,10-11,13-14H2,1-4H3;1-3H,(H2,9,10,11). The second-order valence-electron chi connectivity index (χ2n) is 18.7. The Hall–Kier alpha value is -4.79. The van der Waals surface area contributed by atoms with Crippen molar-refractivity contribution in [1.82, 2.24) is 39.7 Å². The summed E-state index contributed by atoms with van der Waals surface area (Å²) in [7, 11) is -0.245. The molecule has 4 atom stereocenters. The van der Waals surface area contributed by atoms with E-state index in [1.807, 2.05) is 12.1 Å². The van der Waals surface area contributed by atoms with E-state index in [1.165, 1.54) is 102 Å². The first kappa shape index (κ1) is 42.5. The number of anilines is 2. The van der Waals surface area contributed by atoms with Gasteiger partial charge in [-0.15, -0.1) is 0 Å². The van der Waals surface area contributed by atoms with Crippen LogP contribution >= 0.6 is 11.6 Å². The summed E-state index contributed by atoms with van der Waals surface area (Å²) in [4.78, 5) is 30.0. The summed E-state index contributed by atoms with van der Waals surface area (Å²) >= 11 is 5.67. The Morgan fingerprint density at radius 2 is 1.16 bits per heavy atom. The second-order valence-corrected chi connectivity index (χ2v) is 19.1. The quantitative estimate of drug-likeness (QED) is 0.113. The van der Waals surface area contributed by atoms with Gasteiger partial charge in [-0.3, -0.25) is 0 Å². The topological polar surface area (TPSA) is 154 Å². The lowest BCUT2D eigenvalue weighted by molar-refractivity contribution is 0.00578. The minimum absolute atomic E-state index is 0.245. The first-order chi connectivity index (χ1) is 29.9. The molecule has 11 rings (SSSR count). The highest BCUT2D eigenvalue weighted by atomic mass is 35.5. The maximum absolute atomic E-state index is 6.21. The van der Waals surface area contributed by atoms with E-state index in [0.717, 1.165) is 40.0 Å². The van der Waals surface area contributed by atoms with E-state index in [-0.39, 0.29) is 18.3 Å². The predicted molar refractivity (Wildman–Crippen MR) is 249 cm³/mol. The van der Waals surface area contributed by atoms with Crippen LogP contribution in [0.3, 0.4) is 0 Å². The van der Waals surface area contributed by atoms with E-state index in [9.17, 15) is 0 Å². The first-order valence-electron chi connectivity index (χ1n) is 22.3. The molecule has 4 aromatic heterocycles. The molecule has 2 saturated carbocycles. The lowest BCUT2D eigenvalue weighted by Gasteiger charge is -2.32. The molecule has 7 heterocycles. The Bertz CT molecular complexity index is 2510. The number of hydrogen-bond acceptors (Lipinski definition) is 12. The zero-order chi connectivity index (χ0) is 43.0. The number of benzene rings is 2. The van der Waals surface area contributed by atoms with Crippen molar-refractivity contribution < 1.29 is 9.31 Å². The van der Waals surface area contributed by atoms with Crippen LogP contribution in [0, 0.1) is 11.8 Å². The fourth-order valence-corrected chi connectivity index (χ4v) is 9.36. The molecule has 5 fully saturated rings. The van der Waals surface area contributed by atoms with E-state index in [0.29, 0.717) is 39.3 Å². The Morgan fingerprint density at radius 3 is 1.74 bits per heavy atom. The number of halogens is 1. The van der Waals surface area contributed by atoms with Gasteiger partial charge in [0.05, 0.1) is 27.9 Å². The third-order valence-electron chi connectivity index (χ3n) is 13.7. The maximum Gasteiger partial charge on any atom is 0.494 e. The highest BCUT2D eigenvalue weighted by Crippen LogP contribution is 2.49. The van der Waals surface area contributed by atoms with Crippen LogP contribution < -0.4 is 16.9 Å². The summed E-state index contributed by atoms with van der Waals surface area (Å²) in [6.07, 6.45) is 11.0. The third-order valence-corrected chi connectivity index (χ3v) is 13.9. The Kier molecular flexibility index (Phi) is 12.2. The van der Waals surface area contributed by atoms with Crippen LogP contribution in [0.4, 0.5) is 11.6 Å². The molecule has 0 spiro atoms. The first-order valence-corrected chi connectivity index (χ1v) is 22.7. The Labute approximate surface area is 370 Å². The van der Waals surface area contributed by atoms with Crippen molar-refractivity contribution in [3.63, 3.8) is 0 Å². The summed E-state index contributed by atoms with van der Waals surface area (Å²) < 4.78 is 12.4. The van der Waals surface area contributed by atoms with Gasteiger partial charge < -0.3 is 30.6 Å². The molecule has 3 aliphatic heterocycles. The van der Waals surface area contributed by atoms with E-state index >= 15 is 0 Å². The molecule has 5 aliphatic rings. The molecule has 14 heteroatoms. The van der Waals surface area contributed by atoms with Gasteiger partial charge in [-0.2, -0.15) is 0 Å². The fraction of sp³-hybridized carbons (Fsp3) is 0.458. The zero-order valence-corrected chi connectivity index (χ0v) is 37.1. The van der Waals surface area contributed by atoms with Gasteiger partial charge in [0.2, 0.25) is 0 Å². The van der Waals surface area contributed by atoms with Crippen LogP contribution in [0.25, 0.3) is 33.3 Å². The molecule has 0 amide bonds. The van der Waals surface area contributed by atoms with Crippen molar-refractivity contribution in [2.75, 3.05) is 50.7 Å². The van der Waals surface area contributed by atoms with Gasteiger partial charge in [-0.1, -0.05) is 54.1 Å². The Morgan fingerprint density at radius 1 is 0.645 bits per heavy atom. The molecular weight excluding hydrogens is 795 g/mol.